The van der Waals surface area contributed by atoms with Crippen LogP contribution in [0.1, 0.15) is 16.7 Å². The van der Waals surface area contributed by atoms with Crippen LogP contribution in [0.4, 0.5) is 5.69 Å². The molecule has 7 heteroatoms. The standard InChI is InChI=1S/C25H23BrN2O3S/c1-17-7-8-18(2)19(13-17)16-32(30,31)24-14-28(23-6-4-3-5-22(23)24)15-25(29)27-21-11-9-20(26)10-12-21/h3-14H,15-16H2,1-2H3,(H,27,29). The number of aromatic nitrogens is 1. The molecular formula is C25H23BrN2O3S. The Hall–Kier alpha value is -2.90. The van der Waals surface area contributed by atoms with E-state index in [1.165, 1.54) is 0 Å². The van der Waals surface area contributed by atoms with Gasteiger partial charge in [-0.2, -0.15) is 0 Å². The molecule has 0 aliphatic heterocycles. The predicted molar refractivity (Wildman–Crippen MR) is 132 cm³/mol. The molecule has 32 heavy (non-hydrogen) atoms. The third-order valence-electron chi connectivity index (χ3n) is 5.38. The fraction of sp³-hybridized carbons (Fsp3) is 0.160. The Kier molecular flexibility index (Phi) is 6.22. The molecule has 1 amide bonds. The van der Waals surface area contributed by atoms with Crippen molar-refractivity contribution in [1.82, 2.24) is 4.57 Å². The van der Waals surface area contributed by atoms with E-state index < -0.39 is 9.84 Å². The van der Waals surface area contributed by atoms with Crippen molar-refractivity contribution in [1.29, 1.82) is 0 Å². The van der Waals surface area contributed by atoms with Crippen LogP contribution in [0, 0.1) is 13.8 Å². The largest absolute Gasteiger partial charge is 0.337 e. The number of hydrogen-bond donors (Lipinski definition) is 1. The SMILES string of the molecule is Cc1ccc(C)c(CS(=O)(=O)c2cn(CC(=O)Nc3ccc(Br)cc3)c3ccccc23)c1. The summed E-state index contributed by atoms with van der Waals surface area (Å²) in [5, 5.41) is 3.47. The molecule has 0 aliphatic carbocycles. The Bertz CT molecular complexity index is 1410. The van der Waals surface area contributed by atoms with Gasteiger partial charge in [0.1, 0.15) is 6.54 Å². The monoisotopic (exact) mass is 510 g/mol. The Labute approximate surface area is 196 Å². The summed E-state index contributed by atoms with van der Waals surface area (Å²) < 4.78 is 29.4. The predicted octanol–water partition coefficient (Wildman–Crippen LogP) is 5.63. The number of para-hydroxylation sites is 1. The number of halogens is 1. The number of benzene rings is 3. The van der Waals surface area contributed by atoms with Crippen molar-refractivity contribution in [3.05, 3.63) is 94.1 Å². The quantitative estimate of drug-likeness (QED) is 0.365. The zero-order valence-corrected chi connectivity index (χ0v) is 20.2. The number of anilines is 1. The number of sulfone groups is 1. The second-order valence-corrected chi connectivity index (χ2v) is 10.8. The van der Waals surface area contributed by atoms with E-state index in [4.69, 9.17) is 0 Å². The number of nitrogens with zero attached hydrogens (tertiary/aromatic N) is 1. The van der Waals surface area contributed by atoms with Crippen molar-refractivity contribution in [2.24, 2.45) is 0 Å². The highest BCUT2D eigenvalue weighted by Gasteiger charge is 2.23. The first kappa shape index (κ1) is 22.3. The highest BCUT2D eigenvalue weighted by Crippen LogP contribution is 2.29. The Morgan fingerprint density at radius 3 is 2.47 bits per heavy atom. The van der Waals surface area contributed by atoms with Crippen LogP contribution in [0.2, 0.25) is 0 Å². The van der Waals surface area contributed by atoms with Crippen LogP contribution >= 0.6 is 15.9 Å². The molecule has 0 bridgehead atoms. The van der Waals surface area contributed by atoms with Gasteiger partial charge in [0.15, 0.2) is 9.84 Å². The molecule has 5 nitrogen and oxygen atoms in total. The zero-order chi connectivity index (χ0) is 22.9. The van der Waals surface area contributed by atoms with E-state index in [2.05, 4.69) is 21.2 Å². The van der Waals surface area contributed by atoms with E-state index in [0.717, 1.165) is 21.2 Å². The maximum atomic E-state index is 13.4. The molecule has 0 spiro atoms. The second-order valence-electron chi connectivity index (χ2n) is 7.88. The molecule has 0 radical (unpaired) electrons. The van der Waals surface area contributed by atoms with Crippen LogP contribution in [-0.2, 0) is 26.9 Å². The van der Waals surface area contributed by atoms with Gasteiger partial charge in [0.25, 0.3) is 0 Å². The first-order chi connectivity index (χ1) is 15.2. The van der Waals surface area contributed by atoms with Crippen molar-refractivity contribution in [2.45, 2.75) is 31.0 Å². The number of carbonyl (C=O) groups excluding carboxylic acids is 1. The molecule has 1 aromatic heterocycles. The second kappa shape index (κ2) is 8.92. The summed E-state index contributed by atoms with van der Waals surface area (Å²) in [4.78, 5) is 12.9. The van der Waals surface area contributed by atoms with E-state index in [-0.39, 0.29) is 23.1 Å². The number of amides is 1. The summed E-state index contributed by atoms with van der Waals surface area (Å²) in [6.45, 7) is 3.88. The smallest absolute Gasteiger partial charge is 0.244 e. The lowest BCUT2D eigenvalue weighted by molar-refractivity contribution is -0.116. The minimum Gasteiger partial charge on any atom is -0.337 e. The van der Waals surface area contributed by atoms with Crippen molar-refractivity contribution < 1.29 is 13.2 Å². The Balaban J connectivity index is 1.65. The molecule has 0 atom stereocenters. The molecule has 4 aromatic rings. The molecule has 0 saturated carbocycles. The third kappa shape index (κ3) is 4.79. The lowest BCUT2D eigenvalue weighted by atomic mass is 10.1. The van der Waals surface area contributed by atoms with Gasteiger partial charge >= 0.3 is 0 Å². The van der Waals surface area contributed by atoms with Gasteiger partial charge < -0.3 is 9.88 Å². The van der Waals surface area contributed by atoms with Crippen LogP contribution < -0.4 is 5.32 Å². The molecule has 0 aliphatic rings. The minimum absolute atomic E-state index is 0.00949. The van der Waals surface area contributed by atoms with Crippen LogP contribution in [0.3, 0.4) is 0 Å². The first-order valence-electron chi connectivity index (χ1n) is 10.1. The van der Waals surface area contributed by atoms with Crippen LogP contribution in [0.15, 0.2) is 82.3 Å². The highest BCUT2D eigenvalue weighted by atomic mass is 79.9. The normalized spacial score (nSPS) is 11.6. The van der Waals surface area contributed by atoms with E-state index >= 15 is 0 Å². The van der Waals surface area contributed by atoms with E-state index in [1.54, 1.807) is 29.0 Å². The number of aryl methyl sites for hydroxylation is 2. The maximum Gasteiger partial charge on any atom is 0.244 e. The lowest BCUT2D eigenvalue weighted by Gasteiger charge is -2.08. The van der Waals surface area contributed by atoms with Crippen LogP contribution in [0.5, 0.6) is 0 Å². The number of carbonyl (C=O) groups is 1. The molecule has 0 fully saturated rings. The van der Waals surface area contributed by atoms with Gasteiger partial charge in [-0.25, -0.2) is 8.42 Å². The average Bonchev–Trinajstić information content (AvgIpc) is 3.12. The average molecular weight is 511 g/mol. The van der Waals surface area contributed by atoms with Gasteiger partial charge in [-0.3, -0.25) is 4.79 Å². The fourth-order valence-corrected chi connectivity index (χ4v) is 5.65. The van der Waals surface area contributed by atoms with Crippen molar-refractivity contribution in [3.63, 3.8) is 0 Å². The summed E-state index contributed by atoms with van der Waals surface area (Å²) in [5.74, 6) is -0.314. The lowest BCUT2D eigenvalue weighted by Crippen LogP contribution is -2.18. The summed E-state index contributed by atoms with van der Waals surface area (Å²) in [6, 6.07) is 20.4. The van der Waals surface area contributed by atoms with Crippen molar-refractivity contribution in [2.75, 3.05) is 5.32 Å². The summed E-state index contributed by atoms with van der Waals surface area (Å²) in [7, 11) is -3.62. The van der Waals surface area contributed by atoms with Gasteiger partial charge in [-0.1, -0.05) is 57.9 Å². The molecule has 4 rings (SSSR count). The summed E-state index contributed by atoms with van der Waals surface area (Å²) in [5.41, 5.74) is 4.13. The van der Waals surface area contributed by atoms with Crippen LogP contribution in [0.25, 0.3) is 10.9 Å². The molecule has 1 heterocycles. The molecule has 0 unspecified atom stereocenters. The van der Waals surface area contributed by atoms with Gasteiger partial charge in [-0.15, -0.1) is 0 Å². The van der Waals surface area contributed by atoms with Gasteiger partial charge in [0, 0.05) is 27.3 Å². The summed E-state index contributed by atoms with van der Waals surface area (Å²) in [6.07, 6.45) is 1.58. The van der Waals surface area contributed by atoms with Crippen molar-refractivity contribution in [3.8, 4) is 0 Å². The molecule has 3 aromatic carbocycles. The third-order valence-corrected chi connectivity index (χ3v) is 7.59. The number of rotatable bonds is 6. The van der Waals surface area contributed by atoms with Gasteiger partial charge in [0.05, 0.1) is 10.6 Å². The van der Waals surface area contributed by atoms with Gasteiger partial charge in [0.2, 0.25) is 5.91 Å². The number of fused-ring (bicyclic) bond motifs is 1. The number of hydrogen-bond acceptors (Lipinski definition) is 3. The van der Waals surface area contributed by atoms with E-state index in [1.807, 2.05) is 62.4 Å². The molecule has 0 saturated heterocycles. The molecular weight excluding hydrogens is 488 g/mol. The minimum atomic E-state index is -3.62. The Morgan fingerprint density at radius 1 is 1.00 bits per heavy atom. The highest BCUT2D eigenvalue weighted by molar-refractivity contribution is 9.10. The van der Waals surface area contributed by atoms with Crippen molar-refractivity contribution >= 4 is 48.3 Å². The molecule has 1 N–H and O–H groups in total. The topological polar surface area (TPSA) is 68.2 Å². The van der Waals surface area contributed by atoms with Gasteiger partial charge in [-0.05, 0) is 55.3 Å². The Morgan fingerprint density at radius 2 is 1.72 bits per heavy atom. The summed E-state index contributed by atoms with van der Waals surface area (Å²) >= 11 is 3.37. The zero-order valence-electron chi connectivity index (χ0n) is 17.8. The maximum absolute atomic E-state index is 13.4. The molecule has 164 valence electrons. The van der Waals surface area contributed by atoms with Crippen LogP contribution in [-0.4, -0.2) is 18.9 Å². The van der Waals surface area contributed by atoms with E-state index in [9.17, 15) is 13.2 Å². The number of nitrogens with one attached hydrogen (secondary N) is 1. The van der Waals surface area contributed by atoms with E-state index in [0.29, 0.717) is 16.6 Å². The first-order valence-corrected chi connectivity index (χ1v) is 12.6. The fourth-order valence-electron chi connectivity index (χ4n) is 3.72.